The van der Waals surface area contributed by atoms with Gasteiger partial charge in [0.05, 0.1) is 0 Å². The largest absolute Gasteiger partial charge is 0.513 e. The number of rotatable bonds is 6. The molecule has 2 unspecified atom stereocenters. The Morgan fingerprint density at radius 3 is 2.47 bits per heavy atom. The second-order valence-corrected chi connectivity index (χ2v) is 4.95. The lowest BCUT2D eigenvalue weighted by atomic mass is 10.1. The molecule has 1 aromatic carbocycles. The van der Waals surface area contributed by atoms with E-state index < -0.39 is 8.03 Å². The highest BCUT2D eigenvalue weighted by atomic mass is 31.1. The highest BCUT2D eigenvalue weighted by Gasteiger charge is 2.29. The lowest BCUT2D eigenvalue weighted by Gasteiger charge is -2.04. The van der Waals surface area contributed by atoms with Crippen LogP contribution in [0.15, 0.2) is 30.3 Å². The van der Waals surface area contributed by atoms with Crippen LogP contribution in [0.2, 0.25) is 0 Å². The average Bonchev–Trinajstić information content (AvgIpc) is 2.25. The van der Waals surface area contributed by atoms with Gasteiger partial charge in [0.2, 0.25) is 5.66 Å². The monoisotopic (exact) mass is 225 g/mol. The molecule has 0 radical (unpaired) electrons. The van der Waals surface area contributed by atoms with Gasteiger partial charge in [-0.1, -0.05) is 50.1 Å². The first-order chi connectivity index (χ1) is 7.25. The van der Waals surface area contributed by atoms with Crippen LogP contribution in [0.25, 0.3) is 0 Å². The van der Waals surface area contributed by atoms with Crippen LogP contribution in [0.5, 0.6) is 0 Å². The Kier molecular flexibility index (Phi) is 5.52. The number of benzene rings is 1. The van der Waals surface area contributed by atoms with Gasteiger partial charge in [-0.3, -0.25) is 0 Å². The number of hydrogen-bond acceptors (Lipinski definition) is 1. The molecule has 1 N–H and O–H groups in total. The van der Waals surface area contributed by atoms with E-state index in [1.165, 1.54) is 0 Å². The zero-order valence-corrected chi connectivity index (χ0v) is 9.99. The summed E-state index contributed by atoms with van der Waals surface area (Å²) < 4.78 is 11.2. The minimum atomic E-state index is -2.11. The van der Waals surface area contributed by atoms with Gasteiger partial charge in [0.1, 0.15) is 0 Å². The van der Waals surface area contributed by atoms with Crippen molar-refractivity contribution in [2.24, 2.45) is 0 Å². The first-order valence-corrected chi connectivity index (χ1v) is 6.74. The quantitative estimate of drug-likeness (QED) is 0.586. The van der Waals surface area contributed by atoms with Crippen molar-refractivity contribution < 1.29 is 9.46 Å². The third-order valence-corrected chi connectivity index (χ3v) is 3.62. The van der Waals surface area contributed by atoms with E-state index >= 15 is 0 Å². The van der Waals surface area contributed by atoms with Crippen LogP contribution in [0, 0.1) is 0 Å². The van der Waals surface area contributed by atoms with E-state index in [9.17, 15) is 9.46 Å². The third kappa shape index (κ3) is 4.11. The molecule has 0 aliphatic heterocycles. The van der Waals surface area contributed by atoms with Crippen molar-refractivity contribution >= 4 is 8.03 Å². The maximum atomic E-state index is 11.2. The van der Waals surface area contributed by atoms with Gasteiger partial charge in [0.25, 0.3) is 0 Å². The molecule has 1 rings (SSSR count). The van der Waals surface area contributed by atoms with Gasteiger partial charge in [-0.05, 0) is 11.0 Å². The van der Waals surface area contributed by atoms with E-state index in [0.29, 0.717) is 0 Å². The molecule has 0 aromatic heterocycles. The van der Waals surface area contributed by atoms with Gasteiger partial charge in [-0.25, -0.2) is 0 Å². The van der Waals surface area contributed by atoms with Crippen LogP contribution in [-0.4, -0.2) is 4.89 Å². The molecular weight excluding hydrogens is 207 g/mol. The molecule has 0 spiro atoms. The normalized spacial score (nSPS) is 13.6. The fraction of sp³-hybridized carbons (Fsp3) is 0.500. The van der Waals surface area contributed by atoms with Crippen LogP contribution in [0.1, 0.15) is 43.8 Å². The molecule has 0 saturated heterocycles. The van der Waals surface area contributed by atoms with Gasteiger partial charge in [0.15, 0.2) is 0 Å². The van der Waals surface area contributed by atoms with E-state index in [1.54, 1.807) is 0 Å². The summed E-state index contributed by atoms with van der Waals surface area (Å²) in [6.07, 6.45) is 4.11. The summed E-state index contributed by atoms with van der Waals surface area (Å²) in [6, 6.07) is 9.62. The second-order valence-electron chi connectivity index (χ2n) is 3.72. The van der Waals surface area contributed by atoms with E-state index in [0.717, 1.165) is 31.2 Å². The van der Waals surface area contributed by atoms with E-state index in [2.05, 4.69) is 6.92 Å². The molecule has 2 nitrogen and oxygen atoms in total. The summed E-state index contributed by atoms with van der Waals surface area (Å²) in [4.78, 5) is 9.27. The first-order valence-electron chi connectivity index (χ1n) is 5.46. The van der Waals surface area contributed by atoms with Crippen molar-refractivity contribution in [3.05, 3.63) is 35.9 Å². The van der Waals surface area contributed by atoms with Crippen LogP contribution >= 0.6 is 8.03 Å². The molecule has 0 amide bonds. The topological polar surface area (TPSA) is 37.3 Å². The van der Waals surface area contributed by atoms with Crippen molar-refractivity contribution in [1.29, 1.82) is 0 Å². The van der Waals surface area contributed by atoms with E-state index in [1.807, 2.05) is 30.3 Å². The Hall–Kier alpha value is -0.720. The predicted octanol–water partition coefficient (Wildman–Crippen LogP) is 4.04. The fourth-order valence-corrected chi connectivity index (χ4v) is 2.50. The van der Waals surface area contributed by atoms with Crippen molar-refractivity contribution in [1.82, 2.24) is 0 Å². The minimum absolute atomic E-state index is 0.187. The van der Waals surface area contributed by atoms with E-state index in [-0.39, 0.29) is 5.66 Å². The van der Waals surface area contributed by atoms with Crippen LogP contribution in [0.4, 0.5) is 0 Å². The molecule has 0 fully saturated rings. The second kappa shape index (κ2) is 6.71. The molecular formula is C12H18O2P+. The molecule has 0 heterocycles. The molecule has 3 heteroatoms. The average molecular weight is 225 g/mol. The third-order valence-electron chi connectivity index (χ3n) is 2.53. The van der Waals surface area contributed by atoms with Crippen LogP contribution in [-0.2, 0) is 4.57 Å². The Morgan fingerprint density at radius 1 is 1.27 bits per heavy atom. The Bertz CT molecular complexity index is 298. The van der Waals surface area contributed by atoms with Gasteiger partial charge in [-0.15, -0.1) is 0 Å². The maximum Gasteiger partial charge on any atom is 0.513 e. The lowest BCUT2D eigenvalue weighted by Crippen LogP contribution is -1.93. The van der Waals surface area contributed by atoms with Gasteiger partial charge in [-0.2, -0.15) is 4.89 Å². The smallest absolute Gasteiger partial charge is 0.160 e. The Balaban J connectivity index is 2.62. The standard InChI is InChI=1S/C12H17O2P/c1-2-3-5-10-12(15(13)14)11-8-6-4-7-9-11/h4,6-9,12H,2-3,5,10H2,1H3/p+1. The van der Waals surface area contributed by atoms with Gasteiger partial charge in [0, 0.05) is 12.0 Å². The first kappa shape index (κ1) is 12.4. The Morgan fingerprint density at radius 2 is 1.93 bits per heavy atom. The predicted molar refractivity (Wildman–Crippen MR) is 63.2 cm³/mol. The summed E-state index contributed by atoms with van der Waals surface area (Å²) in [7, 11) is -2.11. The fourth-order valence-electron chi connectivity index (χ4n) is 1.67. The van der Waals surface area contributed by atoms with E-state index in [4.69, 9.17) is 0 Å². The molecule has 0 aliphatic rings. The molecule has 2 atom stereocenters. The number of unbranched alkanes of at least 4 members (excludes halogenated alkanes) is 2. The van der Waals surface area contributed by atoms with Crippen LogP contribution < -0.4 is 0 Å². The SMILES string of the molecule is CCCCCC(c1ccccc1)[P+](=O)O. The zero-order valence-electron chi connectivity index (χ0n) is 9.10. The molecule has 15 heavy (non-hydrogen) atoms. The van der Waals surface area contributed by atoms with Gasteiger partial charge < -0.3 is 0 Å². The lowest BCUT2D eigenvalue weighted by molar-refractivity contribution is 0.481. The highest BCUT2D eigenvalue weighted by Crippen LogP contribution is 2.41. The molecule has 0 bridgehead atoms. The molecule has 1 aromatic rings. The summed E-state index contributed by atoms with van der Waals surface area (Å²) in [5, 5.41) is 0. The van der Waals surface area contributed by atoms with Crippen molar-refractivity contribution in [3.8, 4) is 0 Å². The number of hydrogen-bond donors (Lipinski definition) is 1. The molecule has 0 aliphatic carbocycles. The van der Waals surface area contributed by atoms with Crippen molar-refractivity contribution in [3.63, 3.8) is 0 Å². The molecule has 0 saturated carbocycles. The van der Waals surface area contributed by atoms with Crippen LogP contribution in [0.3, 0.4) is 0 Å². The molecule has 82 valence electrons. The van der Waals surface area contributed by atoms with Gasteiger partial charge >= 0.3 is 8.03 Å². The van der Waals surface area contributed by atoms with Crippen molar-refractivity contribution in [2.75, 3.05) is 0 Å². The minimum Gasteiger partial charge on any atom is -0.160 e. The summed E-state index contributed by atoms with van der Waals surface area (Å²) >= 11 is 0. The Labute approximate surface area is 92.2 Å². The van der Waals surface area contributed by atoms with Crippen molar-refractivity contribution in [2.45, 2.75) is 38.3 Å². The zero-order chi connectivity index (χ0) is 11.1. The summed E-state index contributed by atoms with van der Waals surface area (Å²) in [6.45, 7) is 2.14. The maximum absolute atomic E-state index is 11.2. The summed E-state index contributed by atoms with van der Waals surface area (Å²) in [5.74, 6) is 0. The highest BCUT2D eigenvalue weighted by molar-refractivity contribution is 7.38. The summed E-state index contributed by atoms with van der Waals surface area (Å²) in [5.41, 5.74) is 0.796.